The zero-order chi connectivity index (χ0) is 11.8. The van der Waals surface area contributed by atoms with Gasteiger partial charge in [0.05, 0.1) is 13.6 Å². The van der Waals surface area contributed by atoms with Crippen LogP contribution in [0.3, 0.4) is 0 Å². The molecule has 2 aromatic rings. The Morgan fingerprint density at radius 2 is 1.56 bits per heavy atom. The number of aromatic nitrogens is 4. The predicted molar refractivity (Wildman–Crippen MR) is 73.8 cm³/mol. The van der Waals surface area contributed by atoms with Crippen molar-refractivity contribution < 1.29 is 0 Å². The Hall–Kier alpha value is -0.760. The van der Waals surface area contributed by atoms with Crippen LogP contribution in [-0.2, 0) is 0 Å². The SMILES string of the molecule is CC[N+](C)(c1cnc(P)[nH]1)c1cnc(P)[nH]1. The molecule has 0 bridgehead atoms. The normalized spacial score (nSPS) is 12.0. The quantitative estimate of drug-likeness (QED) is 0.617. The van der Waals surface area contributed by atoms with Gasteiger partial charge in [-0.1, -0.05) is 18.5 Å². The highest BCUT2D eigenvalue weighted by molar-refractivity contribution is 7.26. The summed E-state index contributed by atoms with van der Waals surface area (Å²) >= 11 is 0. The third-order valence-electron chi connectivity index (χ3n) is 2.86. The number of aromatic amines is 2. The molecule has 0 amide bonds. The van der Waals surface area contributed by atoms with Crippen molar-refractivity contribution in [3.05, 3.63) is 12.4 Å². The first-order valence-corrected chi connectivity index (χ1v) is 6.19. The van der Waals surface area contributed by atoms with E-state index in [2.05, 4.69) is 52.4 Å². The van der Waals surface area contributed by atoms with Gasteiger partial charge in [-0.3, -0.25) is 9.97 Å². The van der Waals surface area contributed by atoms with E-state index in [9.17, 15) is 0 Å². The van der Waals surface area contributed by atoms with Crippen LogP contribution in [0.15, 0.2) is 12.4 Å². The first kappa shape index (κ1) is 11.7. The Kier molecular flexibility index (Phi) is 3.11. The van der Waals surface area contributed by atoms with Crippen molar-refractivity contribution in [3.8, 4) is 0 Å². The van der Waals surface area contributed by atoms with Crippen LogP contribution in [0.4, 0.5) is 11.6 Å². The molecule has 0 aliphatic heterocycles. The van der Waals surface area contributed by atoms with Gasteiger partial charge in [-0.25, -0.2) is 14.5 Å². The van der Waals surface area contributed by atoms with Crippen molar-refractivity contribution in [3.63, 3.8) is 0 Å². The highest BCUT2D eigenvalue weighted by Gasteiger charge is 2.30. The zero-order valence-corrected chi connectivity index (χ0v) is 11.7. The van der Waals surface area contributed by atoms with Gasteiger partial charge in [0.15, 0.2) is 0 Å². The summed E-state index contributed by atoms with van der Waals surface area (Å²) in [5.74, 6) is 2.09. The van der Waals surface area contributed by atoms with Gasteiger partial charge in [0.25, 0.3) is 0 Å². The molecule has 0 spiro atoms. The molecular formula is C9H16N5P2+. The summed E-state index contributed by atoms with van der Waals surface area (Å²) in [5, 5.41) is 0. The lowest BCUT2D eigenvalue weighted by atomic mass is 10.4. The summed E-state index contributed by atoms with van der Waals surface area (Å²) in [5.41, 5.74) is 1.69. The number of H-pyrrole nitrogens is 2. The highest BCUT2D eigenvalue weighted by atomic mass is 31.0. The predicted octanol–water partition coefficient (Wildman–Crippen LogP) is 0.422. The Morgan fingerprint density at radius 3 is 1.81 bits per heavy atom. The second-order valence-corrected chi connectivity index (χ2v) is 4.91. The maximum absolute atomic E-state index is 4.22. The molecule has 2 rings (SSSR count). The fraction of sp³-hybridized carbons (Fsp3) is 0.333. The van der Waals surface area contributed by atoms with Crippen molar-refractivity contribution >= 4 is 41.2 Å². The van der Waals surface area contributed by atoms with Gasteiger partial charge in [-0.15, -0.1) is 0 Å². The average Bonchev–Trinajstić information content (AvgIpc) is 2.86. The minimum absolute atomic E-state index is 0.628. The van der Waals surface area contributed by atoms with Gasteiger partial charge in [-0.05, 0) is 6.92 Å². The molecule has 0 fully saturated rings. The van der Waals surface area contributed by atoms with E-state index >= 15 is 0 Å². The molecule has 2 N–H and O–H groups in total. The summed E-state index contributed by atoms with van der Waals surface area (Å²) in [4.78, 5) is 14.9. The van der Waals surface area contributed by atoms with E-state index in [0.29, 0.717) is 4.48 Å². The van der Waals surface area contributed by atoms with Crippen molar-refractivity contribution in [1.82, 2.24) is 24.4 Å². The fourth-order valence-electron chi connectivity index (χ4n) is 1.62. The van der Waals surface area contributed by atoms with E-state index in [4.69, 9.17) is 0 Å². The van der Waals surface area contributed by atoms with Gasteiger partial charge in [0, 0.05) is 0 Å². The standard InChI is InChI=1S/C9H16N5P2/c1-3-14(2,6-4-10-8(15)12-6)7-5-11-9(16)13-7/h4-5H,3,15-16H2,1-2H3,(H,10,12)(H,11,13)/q+1. The smallest absolute Gasteiger partial charge is 0.231 e. The van der Waals surface area contributed by atoms with Crippen LogP contribution >= 0.6 is 18.5 Å². The lowest BCUT2D eigenvalue weighted by molar-refractivity contribution is 0.462. The Morgan fingerprint density at radius 1 is 1.12 bits per heavy atom. The van der Waals surface area contributed by atoms with Gasteiger partial charge in [-0.2, -0.15) is 0 Å². The third-order valence-corrected chi connectivity index (χ3v) is 3.45. The largest absolute Gasteiger partial charge is 0.294 e. The highest BCUT2D eigenvalue weighted by Crippen LogP contribution is 2.27. The van der Waals surface area contributed by atoms with Crippen LogP contribution in [0.1, 0.15) is 6.92 Å². The van der Waals surface area contributed by atoms with Crippen LogP contribution in [0, 0.1) is 0 Å². The lowest BCUT2D eigenvalue weighted by Gasteiger charge is -2.28. The first-order valence-electron chi connectivity index (χ1n) is 5.04. The number of nitrogens with zero attached hydrogens (tertiary/aromatic N) is 3. The number of rotatable bonds is 3. The second kappa shape index (κ2) is 4.25. The zero-order valence-electron chi connectivity index (χ0n) is 9.36. The molecule has 86 valence electrons. The molecule has 16 heavy (non-hydrogen) atoms. The summed E-state index contributed by atoms with van der Waals surface area (Å²) in [7, 11) is 7.25. The number of nitrogens with one attached hydrogen (secondary N) is 2. The van der Waals surface area contributed by atoms with Crippen molar-refractivity contribution in [2.24, 2.45) is 0 Å². The molecule has 2 aromatic heterocycles. The average molecular weight is 256 g/mol. The maximum atomic E-state index is 4.22. The molecule has 0 aliphatic carbocycles. The van der Waals surface area contributed by atoms with E-state index in [-0.39, 0.29) is 0 Å². The molecule has 2 atom stereocenters. The summed E-state index contributed by atoms with van der Waals surface area (Å²) < 4.78 is 0.628. The summed E-state index contributed by atoms with van der Waals surface area (Å²) in [6.45, 7) is 3.05. The minimum atomic E-state index is 0.628. The maximum Gasteiger partial charge on any atom is 0.231 e. The molecule has 0 aromatic carbocycles. The van der Waals surface area contributed by atoms with Gasteiger partial charge < -0.3 is 0 Å². The number of hydrogen-bond donors (Lipinski definition) is 2. The van der Waals surface area contributed by atoms with Gasteiger partial charge in [0.2, 0.25) is 11.6 Å². The van der Waals surface area contributed by atoms with E-state index in [1.165, 1.54) is 0 Å². The van der Waals surface area contributed by atoms with Crippen molar-refractivity contribution in [1.29, 1.82) is 0 Å². The van der Waals surface area contributed by atoms with Crippen molar-refractivity contribution in [2.45, 2.75) is 6.92 Å². The third kappa shape index (κ3) is 1.91. The van der Waals surface area contributed by atoms with E-state index in [0.717, 1.165) is 29.3 Å². The molecular weight excluding hydrogens is 240 g/mol. The van der Waals surface area contributed by atoms with Crippen LogP contribution in [0.2, 0.25) is 0 Å². The van der Waals surface area contributed by atoms with Crippen LogP contribution in [-0.4, -0.2) is 33.5 Å². The Labute approximate surface area is 99.1 Å². The van der Waals surface area contributed by atoms with E-state index < -0.39 is 0 Å². The van der Waals surface area contributed by atoms with Crippen LogP contribution in [0.25, 0.3) is 0 Å². The summed E-state index contributed by atoms with van der Waals surface area (Å²) in [6.07, 6.45) is 3.71. The van der Waals surface area contributed by atoms with E-state index in [1.54, 1.807) is 0 Å². The number of quaternary nitrogens is 1. The van der Waals surface area contributed by atoms with Crippen LogP contribution < -0.4 is 15.6 Å². The topological polar surface area (TPSA) is 57.4 Å². The Balaban J connectivity index is 2.47. The van der Waals surface area contributed by atoms with Crippen molar-refractivity contribution in [2.75, 3.05) is 13.6 Å². The van der Waals surface area contributed by atoms with Gasteiger partial charge >= 0.3 is 0 Å². The number of imidazole rings is 2. The molecule has 0 aliphatic rings. The monoisotopic (exact) mass is 256 g/mol. The molecule has 5 nitrogen and oxygen atoms in total. The first-order chi connectivity index (χ1) is 7.56. The molecule has 2 unspecified atom stereocenters. The summed E-state index contributed by atoms with van der Waals surface area (Å²) in [6, 6.07) is 0. The molecule has 0 radical (unpaired) electrons. The molecule has 2 heterocycles. The van der Waals surface area contributed by atoms with Crippen LogP contribution in [0.5, 0.6) is 0 Å². The second-order valence-electron chi connectivity index (χ2n) is 3.82. The Bertz CT molecular complexity index is 449. The molecule has 0 saturated heterocycles. The lowest BCUT2D eigenvalue weighted by Crippen LogP contribution is -2.40. The molecule has 7 heteroatoms. The number of hydrogen-bond acceptors (Lipinski definition) is 2. The fourth-order valence-corrected chi connectivity index (χ4v) is 2.07. The minimum Gasteiger partial charge on any atom is -0.294 e. The molecule has 0 saturated carbocycles. The van der Waals surface area contributed by atoms with E-state index in [1.807, 2.05) is 12.4 Å². The van der Waals surface area contributed by atoms with Gasteiger partial charge in [0.1, 0.15) is 23.5 Å².